The van der Waals surface area contributed by atoms with Crippen LogP contribution in [0.5, 0.6) is 0 Å². The zero-order valence-electron chi connectivity index (χ0n) is 13.2. The first-order valence-electron chi connectivity index (χ1n) is 8.30. The number of β-amino-alcohol motifs (C(OH)–C–C–N with tert-alkyl or cyclic N) is 1. The lowest BCUT2D eigenvalue weighted by Crippen LogP contribution is -2.40. The molecule has 1 saturated heterocycles. The van der Waals surface area contributed by atoms with Gasteiger partial charge in [-0.05, 0) is 37.4 Å². The maximum atomic E-state index is 10.1. The van der Waals surface area contributed by atoms with Gasteiger partial charge < -0.3 is 14.7 Å². The van der Waals surface area contributed by atoms with Gasteiger partial charge in [-0.25, -0.2) is 0 Å². The lowest BCUT2D eigenvalue weighted by Gasteiger charge is -2.33. The molecule has 0 bridgehead atoms. The summed E-state index contributed by atoms with van der Waals surface area (Å²) in [7, 11) is 0. The summed E-state index contributed by atoms with van der Waals surface area (Å²) in [4.78, 5) is 2.38. The van der Waals surface area contributed by atoms with Crippen LogP contribution in [0.1, 0.15) is 38.2 Å². The van der Waals surface area contributed by atoms with Gasteiger partial charge in [0.2, 0.25) is 0 Å². The first kappa shape index (κ1) is 16.5. The van der Waals surface area contributed by atoms with E-state index in [9.17, 15) is 5.11 Å². The second kappa shape index (κ2) is 9.19. The number of piperidine rings is 1. The van der Waals surface area contributed by atoms with E-state index in [1.807, 2.05) is 30.3 Å². The van der Waals surface area contributed by atoms with Crippen molar-refractivity contribution in [2.75, 3.05) is 26.2 Å². The molecule has 2 rings (SSSR count). The van der Waals surface area contributed by atoms with E-state index < -0.39 is 0 Å². The van der Waals surface area contributed by atoms with Gasteiger partial charge in [0, 0.05) is 6.54 Å². The largest absolute Gasteiger partial charge is 0.389 e. The van der Waals surface area contributed by atoms with Crippen LogP contribution >= 0.6 is 0 Å². The fourth-order valence-corrected chi connectivity index (χ4v) is 3.10. The molecule has 1 aliphatic heterocycles. The Labute approximate surface area is 128 Å². The van der Waals surface area contributed by atoms with Gasteiger partial charge in [0.05, 0.1) is 19.3 Å². The van der Waals surface area contributed by atoms with Gasteiger partial charge >= 0.3 is 0 Å². The average Bonchev–Trinajstić information content (AvgIpc) is 2.51. The number of likely N-dealkylation sites (tertiary alicyclic amines) is 1. The van der Waals surface area contributed by atoms with Crippen LogP contribution < -0.4 is 0 Å². The second-order valence-electron chi connectivity index (χ2n) is 6.19. The fourth-order valence-electron chi connectivity index (χ4n) is 3.10. The number of ether oxygens (including phenoxy) is 1. The number of hydrogen-bond donors (Lipinski definition) is 1. The Morgan fingerprint density at radius 3 is 2.62 bits per heavy atom. The molecule has 0 aliphatic carbocycles. The highest BCUT2D eigenvalue weighted by atomic mass is 16.5. The zero-order valence-corrected chi connectivity index (χ0v) is 13.2. The molecule has 1 N–H and O–H groups in total. The summed E-state index contributed by atoms with van der Waals surface area (Å²) in [6.45, 7) is 6.26. The van der Waals surface area contributed by atoms with Crippen LogP contribution in [-0.2, 0) is 11.3 Å². The van der Waals surface area contributed by atoms with Crippen molar-refractivity contribution in [3.8, 4) is 0 Å². The highest BCUT2D eigenvalue weighted by Crippen LogP contribution is 2.21. The lowest BCUT2D eigenvalue weighted by atomic mass is 9.92. The van der Waals surface area contributed by atoms with Crippen LogP contribution in [0.15, 0.2) is 30.3 Å². The Hall–Kier alpha value is -0.900. The van der Waals surface area contributed by atoms with Crippen LogP contribution in [0.2, 0.25) is 0 Å². The Morgan fingerprint density at radius 2 is 1.95 bits per heavy atom. The molecule has 1 aromatic rings. The third-order valence-corrected chi connectivity index (χ3v) is 4.29. The highest BCUT2D eigenvalue weighted by molar-refractivity contribution is 5.13. The number of aliphatic hydroxyl groups excluding tert-OH is 1. The van der Waals surface area contributed by atoms with Crippen molar-refractivity contribution in [3.05, 3.63) is 35.9 Å². The van der Waals surface area contributed by atoms with E-state index in [1.54, 1.807) is 0 Å². The highest BCUT2D eigenvalue weighted by Gasteiger charge is 2.20. The SMILES string of the molecule is CCCC1CCN(CC(O)COCc2ccccc2)CC1. The third-order valence-electron chi connectivity index (χ3n) is 4.29. The maximum Gasteiger partial charge on any atom is 0.0900 e. The van der Waals surface area contributed by atoms with Crippen molar-refractivity contribution < 1.29 is 9.84 Å². The first-order chi connectivity index (χ1) is 10.3. The molecular formula is C18H29NO2. The number of benzene rings is 1. The van der Waals surface area contributed by atoms with Crippen LogP contribution in [0, 0.1) is 5.92 Å². The van der Waals surface area contributed by atoms with E-state index in [4.69, 9.17) is 4.74 Å². The normalized spacial score (nSPS) is 18.8. The van der Waals surface area contributed by atoms with Crippen molar-refractivity contribution in [1.29, 1.82) is 0 Å². The molecule has 1 aromatic carbocycles. The summed E-state index contributed by atoms with van der Waals surface area (Å²) in [6.07, 6.45) is 4.84. The lowest BCUT2D eigenvalue weighted by molar-refractivity contribution is 0.00425. The number of nitrogens with zero attached hydrogens (tertiary/aromatic N) is 1. The first-order valence-corrected chi connectivity index (χ1v) is 8.30. The van der Waals surface area contributed by atoms with E-state index in [0.29, 0.717) is 13.2 Å². The molecule has 1 aliphatic rings. The van der Waals surface area contributed by atoms with Crippen molar-refractivity contribution in [1.82, 2.24) is 4.90 Å². The van der Waals surface area contributed by atoms with Gasteiger partial charge in [0.25, 0.3) is 0 Å². The molecule has 0 spiro atoms. The molecule has 0 amide bonds. The Bertz CT molecular complexity index is 374. The molecule has 1 heterocycles. The minimum Gasteiger partial charge on any atom is -0.389 e. The standard InChI is InChI=1S/C18H29NO2/c1-2-6-16-9-11-19(12-10-16)13-18(20)15-21-14-17-7-4-3-5-8-17/h3-5,7-8,16,18,20H,2,6,9-15H2,1H3. The summed E-state index contributed by atoms with van der Waals surface area (Å²) >= 11 is 0. The third kappa shape index (κ3) is 6.16. The van der Waals surface area contributed by atoms with Gasteiger partial charge in [-0.15, -0.1) is 0 Å². The molecule has 118 valence electrons. The Morgan fingerprint density at radius 1 is 1.24 bits per heavy atom. The molecule has 1 fully saturated rings. The van der Waals surface area contributed by atoms with Gasteiger partial charge in [-0.3, -0.25) is 0 Å². The Kier molecular flexibility index (Phi) is 7.20. The summed E-state index contributed by atoms with van der Waals surface area (Å²) in [5.74, 6) is 0.901. The summed E-state index contributed by atoms with van der Waals surface area (Å²) in [5.41, 5.74) is 1.16. The summed E-state index contributed by atoms with van der Waals surface area (Å²) in [6, 6.07) is 10.1. The zero-order chi connectivity index (χ0) is 14.9. The van der Waals surface area contributed by atoms with Gasteiger partial charge in [0.1, 0.15) is 0 Å². The van der Waals surface area contributed by atoms with E-state index >= 15 is 0 Å². The van der Waals surface area contributed by atoms with Crippen LogP contribution in [0.25, 0.3) is 0 Å². The molecule has 0 saturated carbocycles. The van der Waals surface area contributed by atoms with E-state index in [0.717, 1.165) is 31.1 Å². The Balaban J connectivity index is 1.58. The molecule has 0 radical (unpaired) electrons. The second-order valence-corrected chi connectivity index (χ2v) is 6.19. The van der Waals surface area contributed by atoms with E-state index in [-0.39, 0.29) is 6.10 Å². The van der Waals surface area contributed by atoms with Crippen LogP contribution in [0.4, 0.5) is 0 Å². The topological polar surface area (TPSA) is 32.7 Å². The molecule has 1 atom stereocenters. The average molecular weight is 291 g/mol. The number of hydrogen-bond acceptors (Lipinski definition) is 3. The van der Waals surface area contributed by atoms with Crippen molar-refractivity contribution >= 4 is 0 Å². The smallest absolute Gasteiger partial charge is 0.0900 e. The van der Waals surface area contributed by atoms with Crippen molar-refractivity contribution in [2.45, 2.75) is 45.3 Å². The van der Waals surface area contributed by atoms with E-state index in [1.165, 1.54) is 25.7 Å². The van der Waals surface area contributed by atoms with Crippen molar-refractivity contribution in [2.24, 2.45) is 5.92 Å². The quantitative estimate of drug-likeness (QED) is 0.799. The van der Waals surface area contributed by atoms with Gasteiger partial charge in [-0.2, -0.15) is 0 Å². The van der Waals surface area contributed by atoms with Crippen molar-refractivity contribution in [3.63, 3.8) is 0 Å². The molecule has 0 aromatic heterocycles. The number of aliphatic hydroxyl groups is 1. The summed E-state index contributed by atoms with van der Waals surface area (Å²) < 4.78 is 5.61. The molecular weight excluding hydrogens is 262 g/mol. The minimum absolute atomic E-state index is 0.378. The molecule has 21 heavy (non-hydrogen) atoms. The maximum absolute atomic E-state index is 10.1. The predicted molar refractivity (Wildman–Crippen MR) is 86.2 cm³/mol. The van der Waals surface area contributed by atoms with Crippen LogP contribution in [-0.4, -0.2) is 42.4 Å². The fraction of sp³-hybridized carbons (Fsp3) is 0.667. The molecule has 3 nitrogen and oxygen atoms in total. The minimum atomic E-state index is -0.378. The molecule has 1 unspecified atom stereocenters. The summed E-state index contributed by atoms with van der Waals surface area (Å²) in [5, 5.41) is 10.1. The van der Waals surface area contributed by atoms with Gasteiger partial charge in [0.15, 0.2) is 0 Å². The molecule has 3 heteroatoms. The number of rotatable bonds is 8. The van der Waals surface area contributed by atoms with Crippen LogP contribution in [0.3, 0.4) is 0 Å². The van der Waals surface area contributed by atoms with Gasteiger partial charge in [-0.1, -0.05) is 50.1 Å². The predicted octanol–water partition coefficient (Wildman–Crippen LogP) is 3.08. The van der Waals surface area contributed by atoms with E-state index in [2.05, 4.69) is 11.8 Å². The monoisotopic (exact) mass is 291 g/mol.